The highest BCUT2D eigenvalue weighted by atomic mass is 16.2. The number of carbonyl (C=O) groups excluding carboxylic acids is 1. The lowest BCUT2D eigenvalue weighted by Gasteiger charge is -2.08. The molecule has 3 N–H and O–H groups in total. The summed E-state index contributed by atoms with van der Waals surface area (Å²) < 4.78 is 0. The van der Waals surface area contributed by atoms with Crippen LogP contribution in [0, 0.1) is 24.7 Å². The fourth-order valence-electron chi connectivity index (χ4n) is 3.19. The highest BCUT2D eigenvalue weighted by molar-refractivity contribution is 5.95. The average Bonchev–Trinajstić information content (AvgIpc) is 2.78. The van der Waals surface area contributed by atoms with Gasteiger partial charge in [0.25, 0.3) is 0 Å². The summed E-state index contributed by atoms with van der Waals surface area (Å²) in [5, 5.41) is 3.01. The number of fused-ring (bicyclic) bond motifs is 1. The summed E-state index contributed by atoms with van der Waals surface area (Å²) in [6, 6.07) is 5.66. The van der Waals surface area contributed by atoms with Crippen LogP contribution in [0.25, 0.3) is 0 Å². The Bertz CT molecular complexity index is 459. The molecule has 0 aliphatic heterocycles. The third kappa shape index (κ3) is 1.79. The van der Waals surface area contributed by atoms with Crippen molar-refractivity contribution in [3.63, 3.8) is 0 Å². The largest absolute Gasteiger partial charge is 0.399 e. The fourth-order valence-corrected chi connectivity index (χ4v) is 3.19. The molecule has 0 radical (unpaired) electrons. The lowest BCUT2D eigenvalue weighted by molar-refractivity contribution is -0.118. The van der Waals surface area contributed by atoms with Crippen LogP contribution in [0.5, 0.6) is 0 Å². The van der Waals surface area contributed by atoms with Crippen molar-refractivity contribution in [2.75, 3.05) is 11.1 Å². The van der Waals surface area contributed by atoms with Gasteiger partial charge in [-0.05, 0) is 55.4 Å². The van der Waals surface area contributed by atoms with E-state index in [-0.39, 0.29) is 11.8 Å². The molecule has 2 unspecified atom stereocenters. The Morgan fingerprint density at radius 2 is 2.06 bits per heavy atom. The summed E-state index contributed by atoms with van der Waals surface area (Å²) in [6.07, 6.45) is 3.78. The molecule has 3 rings (SSSR count). The highest BCUT2D eigenvalue weighted by Gasteiger charge is 2.56. The van der Waals surface area contributed by atoms with Gasteiger partial charge >= 0.3 is 0 Å². The number of rotatable bonds is 2. The van der Waals surface area contributed by atoms with E-state index in [2.05, 4.69) is 5.32 Å². The van der Waals surface area contributed by atoms with E-state index in [4.69, 9.17) is 5.73 Å². The number of amides is 1. The van der Waals surface area contributed by atoms with E-state index in [9.17, 15) is 4.79 Å². The lowest BCUT2D eigenvalue weighted by atomic mass is 10.1. The number of nitrogen functional groups attached to an aromatic ring is 1. The van der Waals surface area contributed by atoms with Crippen LogP contribution < -0.4 is 11.1 Å². The second-order valence-corrected chi connectivity index (χ2v) is 5.35. The summed E-state index contributed by atoms with van der Waals surface area (Å²) in [5.41, 5.74) is 8.40. The van der Waals surface area contributed by atoms with Crippen molar-refractivity contribution in [1.82, 2.24) is 0 Å². The molecule has 0 saturated heterocycles. The standard InChI is InChI=1S/C14H18N2O/c1-8-7-9(5-6-12(8)15)16-14(17)13-10-3-2-4-11(10)13/h5-7,10-11,13H,2-4,15H2,1H3,(H,16,17). The Labute approximate surface area is 101 Å². The van der Waals surface area contributed by atoms with Crippen molar-refractivity contribution in [3.05, 3.63) is 23.8 Å². The predicted molar refractivity (Wildman–Crippen MR) is 68.5 cm³/mol. The number of aryl methyl sites for hydroxylation is 1. The first-order valence-electron chi connectivity index (χ1n) is 6.34. The molecule has 3 nitrogen and oxygen atoms in total. The minimum absolute atomic E-state index is 0.198. The van der Waals surface area contributed by atoms with E-state index in [1.54, 1.807) is 0 Å². The van der Waals surface area contributed by atoms with Crippen LogP contribution in [0.3, 0.4) is 0 Å². The van der Waals surface area contributed by atoms with Gasteiger partial charge in [0, 0.05) is 17.3 Å². The first kappa shape index (κ1) is 10.6. The zero-order valence-corrected chi connectivity index (χ0v) is 10.1. The van der Waals surface area contributed by atoms with E-state index >= 15 is 0 Å². The van der Waals surface area contributed by atoms with E-state index in [0.29, 0.717) is 11.8 Å². The Kier molecular flexibility index (Phi) is 2.35. The maximum Gasteiger partial charge on any atom is 0.228 e. The molecule has 2 aliphatic carbocycles. The predicted octanol–water partition coefficient (Wildman–Crippen LogP) is 2.56. The number of hydrogen-bond acceptors (Lipinski definition) is 2. The zero-order valence-electron chi connectivity index (χ0n) is 10.1. The summed E-state index contributed by atoms with van der Waals surface area (Å²) in [5.74, 6) is 1.82. The Hall–Kier alpha value is -1.51. The highest BCUT2D eigenvalue weighted by Crippen LogP contribution is 2.57. The van der Waals surface area contributed by atoms with Gasteiger partial charge in [-0.25, -0.2) is 0 Å². The zero-order chi connectivity index (χ0) is 12.0. The van der Waals surface area contributed by atoms with Crippen molar-refractivity contribution in [2.45, 2.75) is 26.2 Å². The lowest BCUT2D eigenvalue weighted by Crippen LogP contribution is -2.16. The first-order valence-corrected chi connectivity index (χ1v) is 6.34. The van der Waals surface area contributed by atoms with Gasteiger partial charge in [-0.2, -0.15) is 0 Å². The molecule has 2 atom stereocenters. The van der Waals surface area contributed by atoms with Crippen molar-refractivity contribution in [1.29, 1.82) is 0 Å². The van der Waals surface area contributed by atoms with Gasteiger partial charge in [0.05, 0.1) is 0 Å². The third-order valence-electron chi connectivity index (χ3n) is 4.25. The maximum absolute atomic E-state index is 12.0. The Balaban J connectivity index is 1.67. The number of benzene rings is 1. The van der Waals surface area contributed by atoms with Crippen molar-refractivity contribution < 1.29 is 4.79 Å². The number of hydrogen-bond donors (Lipinski definition) is 2. The van der Waals surface area contributed by atoms with Crippen LogP contribution in [0.1, 0.15) is 24.8 Å². The molecule has 2 aliphatic rings. The van der Waals surface area contributed by atoms with Crippen molar-refractivity contribution in [2.24, 2.45) is 17.8 Å². The second kappa shape index (κ2) is 3.76. The molecule has 0 heterocycles. The Morgan fingerprint density at radius 3 is 2.71 bits per heavy atom. The van der Waals surface area contributed by atoms with Crippen molar-refractivity contribution >= 4 is 17.3 Å². The van der Waals surface area contributed by atoms with Gasteiger partial charge in [-0.15, -0.1) is 0 Å². The smallest absolute Gasteiger partial charge is 0.228 e. The van der Waals surface area contributed by atoms with Crippen molar-refractivity contribution in [3.8, 4) is 0 Å². The van der Waals surface area contributed by atoms with Crippen LogP contribution in [-0.2, 0) is 4.79 Å². The van der Waals surface area contributed by atoms with Gasteiger partial charge in [0.1, 0.15) is 0 Å². The molecule has 0 bridgehead atoms. The number of nitrogens with one attached hydrogen (secondary N) is 1. The molecule has 3 heteroatoms. The molecule has 0 aromatic heterocycles. The summed E-state index contributed by atoms with van der Waals surface area (Å²) >= 11 is 0. The first-order chi connectivity index (χ1) is 8.16. The quantitative estimate of drug-likeness (QED) is 0.767. The van der Waals surface area contributed by atoms with Crippen LogP contribution in [0.2, 0.25) is 0 Å². The van der Waals surface area contributed by atoms with Crippen LogP contribution in [-0.4, -0.2) is 5.91 Å². The number of nitrogens with two attached hydrogens (primary N) is 1. The molecule has 2 saturated carbocycles. The molecule has 0 spiro atoms. The van der Waals surface area contributed by atoms with Gasteiger partial charge in [-0.1, -0.05) is 6.42 Å². The van der Waals surface area contributed by atoms with E-state index in [1.165, 1.54) is 19.3 Å². The molecule has 1 amide bonds. The van der Waals surface area contributed by atoms with Gasteiger partial charge in [-0.3, -0.25) is 4.79 Å². The minimum atomic E-state index is 0.198. The summed E-state index contributed by atoms with van der Waals surface area (Å²) in [6.45, 7) is 1.96. The summed E-state index contributed by atoms with van der Waals surface area (Å²) in [4.78, 5) is 12.0. The second-order valence-electron chi connectivity index (χ2n) is 5.35. The van der Waals surface area contributed by atoms with E-state index < -0.39 is 0 Å². The number of carbonyl (C=O) groups is 1. The van der Waals surface area contributed by atoms with Gasteiger partial charge in [0.15, 0.2) is 0 Å². The van der Waals surface area contributed by atoms with Gasteiger partial charge < -0.3 is 11.1 Å². The topological polar surface area (TPSA) is 55.1 Å². The third-order valence-corrected chi connectivity index (χ3v) is 4.25. The minimum Gasteiger partial charge on any atom is -0.399 e. The molecular weight excluding hydrogens is 212 g/mol. The Morgan fingerprint density at radius 1 is 1.35 bits per heavy atom. The monoisotopic (exact) mass is 230 g/mol. The van der Waals surface area contributed by atoms with Crippen LogP contribution in [0.4, 0.5) is 11.4 Å². The summed E-state index contributed by atoms with van der Waals surface area (Å²) in [7, 11) is 0. The molecule has 1 aromatic carbocycles. The fraction of sp³-hybridized carbons (Fsp3) is 0.500. The number of anilines is 2. The average molecular weight is 230 g/mol. The van der Waals surface area contributed by atoms with E-state index in [0.717, 1.165) is 16.9 Å². The molecule has 90 valence electrons. The van der Waals surface area contributed by atoms with Crippen LogP contribution in [0.15, 0.2) is 18.2 Å². The molecule has 17 heavy (non-hydrogen) atoms. The molecular formula is C14H18N2O. The molecule has 2 fully saturated rings. The van der Waals surface area contributed by atoms with E-state index in [1.807, 2.05) is 25.1 Å². The maximum atomic E-state index is 12.0. The van der Waals surface area contributed by atoms with Gasteiger partial charge in [0.2, 0.25) is 5.91 Å². The normalized spacial score (nSPS) is 29.8. The van der Waals surface area contributed by atoms with Crippen LogP contribution >= 0.6 is 0 Å². The SMILES string of the molecule is Cc1cc(NC(=O)C2C3CCCC32)ccc1N. The molecule has 1 aromatic rings.